The van der Waals surface area contributed by atoms with E-state index in [1.165, 1.54) is 4.90 Å². The Hall–Kier alpha value is -1.76. The molecule has 0 heterocycles. The summed E-state index contributed by atoms with van der Waals surface area (Å²) >= 11 is 15.6. The van der Waals surface area contributed by atoms with E-state index < -0.39 is 11.6 Å². The van der Waals surface area contributed by atoms with Gasteiger partial charge in [0.05, 0.1) is 0 Å². The van der Waals surface area contributed by atoms with Crippen molar-refractivity contribution in [1.29, 1.82) is 0 Å². The standard InChI is InChI=1S/C22H25BrCl2N2O3/c1-14(21(29)26-22(2,3)4)27(12-15-5-8-17(24)11-19(15)25)20(28)13-30-18-9-6-16(23)7-10-18/h5-11,14H,12-13H2,1-4H3,(H,26,29)/t14-/m0/s1. The van der Waals surface area contributed by atoms with Gasteiger partial charge in [0.1, 0.15) is 11.8 Å². The van der Waals surface area contributed by atoms with E-state index in [0.29, 0.717) is 21.4 Å². The van der Waals surface area contributed by atoms with Gasteiger partial charge in [-0.2, -0.15) is 0 Å². The van der Waals surface area contributed by atoms with Gasteiger partial charge < -0.3 is 15.0 Å². The molecule has 0 fully saturated rings. The molecule has 2 rings (SSSR count). The fourth-order valence-electron chi connectivity index (χ4n) is 2.65. The van der Waals surface area contributed by atoms with Gasteiger partial charge in [-0.15, -0.1) is 0 Å². The lowest BCUT2D eigenvalue weighted by Crippen LogP contribution is -2.53. The second kappa shape index (κ2) is 10.5. The molecule has 0 saturated heterocycles. The van der Waals surface area contributed by atoms with Gasteiger partial charge >= 0.3 is 0 Å². The Bertz CT molecular complexity index is 898. The second-order valence-corrected chi connectivity index (χ2v) is 9.67. The highest BCUT2D eigenvalue weighted by Gasteiger charge is 2.29. The Morgan fingerprint density at radius 2 is 1.77 bits per heavy atom. The van der Waals surface area contributed by atoms with Gasteiger partial charge in [-0.05, 0) is 69.7 Å². The first kappa shape index (κ1) is 24.5. The molecule has 5 nitrogen and oxygen atoms in total. The van der Waals surface area contributed by atoms with E-state index in [2.05, 4.69) is 21.2 Å². The molecular formula is C22H25BrCl2N2O3. The molecule has 1 atom stereocenters. The number of halogens is 3. The van der Waals surface area contributed by atoms with E-state index in [4.69, 9.17) is 27.9 Å². The number of carbonyl (C=O) groups is 2. The molecule has 0 aromatic heterocycles. The topological polar surface area (TPSA) is 58.6 Å². The van der Waals surface area contributed by atoms with E-state index in [0.717, 1.165) is 4.47 Å². The van der Waals surface area contributed by atoms with Crippen molar-refractivity contribution in [3.63, 3.8) is 0 Å². The molecule has 0 spiro atoms. The maximum Gasteiger partial charge on any atom is 0.261 e. The van der Waals surface area contributed by atoms with Crippen LogP contribution in [0, 0.1) is 0 Å². The van der Waals surface area contributed by atoms with Crippen LogP contribution in [0.2, 0.25) is 10.0 Å². The minimum Gasteiger partial charge on any atom is -0.484 e. The molecule has 0 aliphatic heterocycles. The number of amides is 2. The first-order valence-electron chi connectivity index (χ1n) is 9.40. The summed E-state index contributed by atoms with van der Waals surface area (Å²) in [6, 6.07) is 11.5. The van der Waals surface area contributed by atoms with Crippen molar-refractivity contribution in [2.75, 3.05) is 6.61 Å². The smallest absolute Gasteiger partial charge is 0.261 e. The van der Waals surface area contributed by atoms with Crippen molar-refractivity contribution in [2.45, 2.75) is 45.8 Å². The number of nitrogens with zero attached hydrogens (tertiary/aromatic N) is 1. The molecule has 2 aromatic carbocycles. The number of ether oxygens (including phenoxy) is 1. The molecule has 0 aliphatic carbocycles. The van der Waals surface area contributed by atoms with Crippen molar-refractivity contribution >= 4 is 50.9 Å². The van der Waals surface area contributed by atoms with Crippen LogP contribution in [0.3, 0.4) is 0 Å². The molecule has 0 saturated carbocycles. The van der Waals surface area contributed by atoms with Crippen molar-refractivity contribution in [3.8, 4) is 5.75 Å². The molecule has 0 aliphatic rings. The Morgan fingerprint density at radius 3 is 2.33 bits per heavy atom. The highest BCUT2D eigenvalue weighted by atomic mass is 79.9. The summed E-state index contributed by atoms with van der Waals surface area (Å²) in [5.41, 5.74) is 0.264. The quantitative estimate of drug-likeness (QED) is 0.532. The van der Waals surface area contributed by atoms with Crippen LogP contribution >= 0.6 is 39.1 Å². The number of rotatable bonds is 7. The normalized spacial score (nSPS) is 12.2. The summed E-state index contributed by atoms with van der Waals surface area (Å²) in [4.78, 5) is 27.2. The second-order valence-electron chi connectivity index (χ2n) is 7.92. The zero-order chi connectivity index (χ0) is 22.5. The Morgan fingerprint density at radius 1 is 1.13 bits per heavy atom. The SMILES string of the molecule is C[C@@H](C(=O)NC(C)(C)C)N(Cc1ccc(Cl)cc1Cl)C(=O)COc1ccc(Br)cc1. The third kappa shape index (κ3) is 7.49. The van der Waals surface area contributed by atoms with Crippen molar-refractivity contribution in [1.82, 2.24) is 10.2 Å². The highest BCUT2D eigenvalue weighted by molar-refractivity contribution is 9.10. The van der Waals surface area contributed by atoms with Crippen LogP contribution < -0.4 is 10.1 Å². The van der Waals surface area contributed by atoms with Gasteiger partial charge in [0.15, 0.2) is 6.61 Å². The number of carbonyl (C=O) groups excluding carboxylic acids is 2. The summed E-state index contributed by atoms with van der Waals surface area (Å²) in [7, 11) is 0. The van der Waals surface area contributed by atoms with Gasteiger partial charge in [0.25, 0.3) is 5.91 Å². The average Bonchev–Trinajstić information content (AvgIpc) is 2.65. The van der Waals surface area contributed by atoms with Crippen LogP contribution in [0.5, 0.6) is 5.75 Å². The van der Waals surface area contributed by atoms with E-state index in [9.17, 15) is 9.59 Å². The Labute approximate surface area is 195 Å². The maximum absolute atomic E-state index is 13.0. The summed E-state index contributed by atoms with van der Waals surface area (Å²) in [6.07, 6.45) is 0. The molecular weight excluding hydrogens is 491 g/mol. The zero-order valence-corrected chi connectivity index (χ0v) is 20.4. The lowest BCUT2D eigenvalue weighted by Gasteiger charge is -2.31. The fourth-order valence-corrected chi connectivity index (χ4v) is 3.38. The van der Waals surface area contributed by atoms with Gasteiger partial charge in [-0.3, -0.25) is 9.59 Å². The maximum atomic E-state index is 13.0. The molecule has 2 amide bonds. The molecule has 162 valence electrons. The van der Waals surface area contributed by atoms with Crippen LogP contribution in [0.25, 0.3) is 0 Å². The van der Waals surface area contributed by atoms with Crippen molar-refractivity contribution < 1.29 is 14.3 Å². The van der Waals surface area contributed by atoms with E-state index in [-0.39, 0.29) is 25.0 Å². The Balaban J connectivity index is 2.21. The molecule has 8 heteroatoms. The van der Waals surface area contributed by atoms with E-state index in [1.54, 1.807) is 37.3 Å². The number of hydrogen-bond acceptors (Lipinski definition) is 3. The van der Waals surface area contributed by atoms with Crippen LogP contribution in [0.4, 0.5) is 0 Å². The largest absolute Gasteiger partial charge is 0.484 e. The fraction of sp³-hybridized carbons (Fsp3) is 0.364. The molecule has 2 aromatic rings. The summed E-state index contributed by atoms with van der Waals surface area (Å²) in [6.45, 7) is 7.28. The molecule has 1 N–H and O–H groups in total. The minimum absolute atomic E-state index is 0.150. The Kier molecular flexibility index (Phi) is 8.59. The minimum atomic E-state index is -0.725. The van der Waals surface area contributed by atoms with Gasteiger partial charge in [-0.25, -0.2) is 0 Å². The van der Waals surface area contributed by atoms with Gasteiger partial charge in [0.2, 0.25) is 5.91 Å². The van der Waals surface area contributed by atoms with Crippen LogP contribution in [-0.4, -0.2) is 34.9 Å². The first-order valence-corrected chi connectivity index (χ1v) is 10.9. The predicted molar refractivity (Wildman–Crippen MR) is 124 cm³/mol. The molecule has 0 bridgehead atoms. The van der Waals surface area contributed by atoms with Crippen molar-refractivity contribution in [2.24, 2.45) is 0 Å². The summed E-state index contributed by atoms with van der Waals surface area (Å²) in [5, 5.41) is 3.84. The highest BCUT2D eigenvalue weighted by Crippen LogP contribution is 2.23. The lowest BCUT2D eigenvalue weighted by molar-refractivity contribution is -0.142. The number of benzene rings is 2. The molecule has 0 unspecified atom stereocenters. The van der Waals surface area contributed by atoms with Gasteiger partial charge in [0, 0.05) is 26.6 Å². The van der Waals surface area contributed by atoms with E-state index >= 15 is 0 Å². The lowest BCUT2D eigenvalue weighted by atomic mass is 10.1. The summed E-state index contributed by atoms with van der Waals surface area (Å²) < 4.78 is 6.53. The van der Waals surface area contributed by atoms with Crippen LogP contribution in [0.15, 0.2) is 46.9 Å². The summed E-state index contributed by atoms with van der Waals surface area (Å²) in [5.74, 6) is -0.0344. The monoisotopic (exact) mass is 514 g/mol. The average molecular weight is 516 g/mol. The zero-order valence-electron chi connectivity index (χ0n) is 17.3. The van der Waals surface area contributed by atoms with Crippen molar-refractivity contribution in [3.05, 3.63) is 62.5 Å². The molecule has 30 heavy (non-hydrogen) atoms. The molecule has 0 radical (unpaired) electrons. The third-order valence-electron chi connectivity index (χ3n) is 4.20. The number of hydrogen-bond donors (Lipinski definition) is 1. The number of nitrogens with one attached hydrogen (secondary N) is 1. The van der Waals surface area contributed by atoms with Crippen LogP contribution in [0.1, 0.15) is 33.3 Å². The first-order chi connectivity index (χ1) is 14.0. The third-order valence-corrected chi connectivity index (χ3v) is 5.31. The van der Waals surface area contributed by atoms with E-state index in [1.807, 2.05) is 32.9 Å². The predicted octanol–water partition coefficient (Wildman–Crippen LogP) is 5.47. The van der Waals surface area contributed by atoms with Crippen LogP contribution in [-0.2, 0) is 16.1 Å². The van der Waals surface area contributed by atoms with Gasteiger partial charge in [-0.1, -0.05) is 45.2 Å².